The third-order valence-electron chi connectivity index (χ3n) is 4.93. The topological polar surface area (TPSA) is 97.7 Å². The Morgan fingerprint density at radius 2 is 1.94 bits per heavy atom. The summed E-state index contributed by atoms with van der Waals surface area (Å²) < 4.78 is 7.44. The van der Waals surface area contributed by atoms with E-state index in [-0.39, 0.29) is 5.91 Å². The Labute approximate surface area is 183 Å². The lowest BCUT2D eigenvalue weighted by Gasteiger charge is -2.06. The van der Waals surface area contributed by atoms with E-state index >= 15 is 0 Å². The van der Waals surface area contributed by atoms with Crippen molar-refractivity contribution in [1.29, 1.82) is 0 Å². The molecule has 0 radical (unpaired) electrons. The van der Waals surface area contributed by atoms with Crippen LogP contribution < -0.4 is 10.1 Å². The Hall–Kier alpha value is -4.46. The number of hydrogen-bond acceptors (Lipinski definition) is 5. The van der Waals surface area contributed by atoms with Crippen LogP contribution in [0, 0.1) is 0 Å². The Kier molecular flexibility index (Phi) is 5.32. The molecule has 0 aliphatic carbocycles. The molecule has 0 aliphatic heterocycles. The van der Waals surface area contributed by atoms with Gasteiger partial charge in [0.05, 0.1) is 18.3 Å². The normalized spacial score (nSPS) is 10.9. The van der Waals surface area contributed by atoms with E-state index in [1.807, 2.05) is 54.7 Å². The van der Waals surface area contributed by atoms with Gasteiger partial charge in [-0.25, -0.2) is 9.97 Å². The van der Waals surface area contributed by atoms with E-state index in [1.165, 1.54) is 0 Å². The quantitative estimate of drug-likeness (QED) is 0.413. The molecular weight excluding hydrogens is 404 g/mol. The number of pyridine rings is 2. The lowest BCUT2D eigenvalue weighted by atomic mass is 10.2. The fourth-order valence-corrected chi connectivity index (χ4v) is 3.31. The zero-order chi connectivity index (χ0) is 21.8. The van der Waals surface area contributed by atoms with Crippen molar-refractivity contribution in [3.8, 4) is 11.6 Å². The van der Waals surface area contributed by atoms with Gasteiger partial charge >= 0.3 is 0 Å². The predicted molar refractivity (Wildman–Crippen MR) is 119 cm³/mol. The highest BCUT2D eigenvalue weighted by Gasteiger charge is 2.09. The van der Waals surface area contributed by atoms with Crippen LogP contribution in [0.4, 0.5) is 0 Å². The van der Waals surface area contributed by atoms with E-state index in [0.717, 1.165) is 22.2 Å². The van der Waals surface area contributed by atoms with Crippen LogP contribution in [0.25, 0.3) is 11.0 Å². The molecule has 0 atom stereocenters. The highest BCUT2D eigenvalue weighted by molar-refractivity contribution is 5.93. The molecule has 0 fully saturated rings. The number of rotatable bonds is 7. The Bertz CT molecular complexity index is 1340. The molecule has 5 rings (SSSR count). The number of carbonyl (C=O) groups is 1. The highest BCUT2D eigenvalue weighted by Crippen LogP contribution is 2.19. The van der Waals surface area contributed by atoms with Gasteiger partial charge in [-0.15, -0.1) is 0 Å². The number of carbonyl (C=O) groups excluding carboxylic acids is 1. The first-order valence-electron chi connectivity index (χ1n) is 10.1. The number of amides is 1. The number of aromatic amines is 1. The van der Waals surface area contributed by atoms with Gasteiger partial charge in [0.1, 0.15) is 11.4 Å². The maximum Gasteiger partial charge on any atom is 0.254 e. The molecule has 0 saturated heterocycles. The van der Waals surface area contributed by atoms with E-state index in [4.69, 9.17) is 4.74 Å². The number of hydrogen-bond donors (Lipinski definition) is 2. The van der Waals surface area contributed by atoms with Crippen molar-refractivity contribution < 1.29 is 9.53 Å². The van der Waals surface area contributed by atoms with Crippen molar-refractivity contribution in [1.82, 2.24) is 30.0 Å². The van der Waals surface area contributed by atoms with E-state index < -0.39 is 0 Å². The zero-order valence-electron chi connectivity index (χ0n) is 17.1. The maximum atomic E-state index is 12.5. The smallest absolute Gasteiger partial charge is 0.254 e. The second kappa shape index (κ2) is 8.73. The first-order valence-corrected chi connectivity index (χ1v) is 10.1. The van der Waals surface area contributed by atoms with Gasteiger partial charge < -0.3 is 15.0 Å². The van der Waals surface area contributed by atoms with Crippen molar-refractivity contribution in [3.05, 3.63) is 102 Å². The number of nitrogens with zero attached hydrogens (tertiary/aromatic N) is 4. The summed E-state index contributed by atoms with van der Waals surface area (Å²) >= 11 is 0. The fraction of sp³-hybridized carbons (Fsp3) is 0.0833. The molecule has 2 N–H and O–H groups in total. The van der Waals surface area contributed by atoms with Gasteiger partial charge in [-0.05, 0) is 41.5 Å². The first-order chi connectivity index (χ1) is 15.7. The summed E-state index contributed by atoms with van der Waals surface area (Å²) in [6.45, 7) is 0.946. The van der Waals surface area contributed by atoms with Crippen molar-refractivity contribution >= 4 is 16.9 Å². The van der Waals surface area contributed by atoms with Gasteiger partial charge in [0.2, 0.25) is 5.88 Å². The van der Waals surface area contributed by atoms with Crippen LogP contribution >= 0.6 is 0 Å². The van der Waals surface area contributed by atoms with Crippen molar-refractivity contribution in [3.63, 3.8) is 0 Å². The van der Waals surface area contributed by atoms with E-state index in [2.05, 4.69) is 25.4 Å². The van der Waals surface area contributed by atoms with Crippen molar-refractivity contribution in [2.45, 2.75) is 13.1 Å². The molecule has 1 aromatic carbocycles. The van der Waals surface area contributed by atoms with Crippen LogP contribution in [0.1, 0.15) is 21.5 Å². The van der Waals surface area contributed by atoms with Crippen LogP contribution in [0.5, 0.6) is 11.6 Å². The first kappa shape index (κ1) is 19.5. The van der Waals surface area contributed by atoms with E-state index in [9.17, 15) is 4.79 Å². The molecule has 0 aliphatic rings. The summed E-state index contributed by atoms with van der Waals surface area (Å²) in [6.07, 6.45) is 8.59. The zero-order valence-corrected chi connectivity index (χ0v) is 17.1. The summed E-state index contributed by atoms with van der Waals surface area (Å²) in [5.74, 6) is 1.08. The minimum absolute atomic E-state index is 0.176. The Morgan fingerprint density at radius 1 is 1.03 bits per heavy atom. The number of fused-ring (bicyclic) bond motifs is 1. The largest absolute Gasteiger partial charge is 0.439 e. The molecule has 0 bridgehead atoms. The lowest BCUT2D eigenvalue weighted by Crippen LogP contribution is -2.22. The second-order valence-corrected chi connectivity index (χ2v) is 7.28. The molecule has 4 heterocycles. The molecule has 0 spiro atoms. The lowest BCUT2D eigenvalue weighted by molar-refractivity contribution is 0.0951. The van der Waals surface area contributed by atoms with Gasteiger partial charge in [-0.1, -0.05) is 18.2 Å². The molecule has 4 aromatic heterocycles. The summed E-state index contributed by atoms with van der Waals surface area (Å²) in [6, 6.07) is 17.2. The maximum absolute atomic E-state index is 12.5. The van der Waals surface area contributed by atoms with Gasteiger partial charge in [0, 0.05) is 42.8 Å². The Morgan fingerprint density at radius 3 is 2.78 bits per heavy atom. The summed E-state index contributed by atoms with van der Waals surface area (Å²) in [5.41, 5.74) is 3.32. The molecule has 158 valence electrons. The minimum Gasteiger partial charge on any atom is -0.439 e. The van der Waals surface area contributed by atoms with Crippen LogP contribution in [-0.4, -0.2) is 30.6 Å². The van der Waals surface area contributed by atoms with Crippen LogP contribution in [0.15, 0.2) is 85.6 Å². The number of nitrogens with one attached hydrogen (secondary N) is 2. The molecule has 32 heavy (non-hydrogen) atoms. The van der Waals surface area contributed by atoms with E-state index in [1.54, 1.807) is 35.5 Å². The third kappa shape index (κ3) is 4.49. The van der Waals surface area contributed by atoms with Crippen LogP contribution in [-0.2, 0) is 13.1 Å². The second-order valence-electron chi connectivity index (χ2n) is 7.28. The van der Waals surface area contributed by atoms with Gasteiger partial charge in [-0.2, -0.15) is 5.10 Å². The summed E-state index contributed by atoms with van der Waals surface area (Å²) in [7, 11) is 0. The molecule has 0 unspecified atom stereocenters. The highest BCUT2D eigenvalue weighted by atomic mass is 16.5. The number of ether oxygens (including phenoxy) is 1. The standard InChI is InChI=1S/C24H20N6O2/c31-24(28-13-18-11-19-8-10-26-23(19)27-12-18)20-14-29-30(16-20)15-17-4-6-21(7-5-17)32-22-3-1-2-9-25-22/h1-12,14,16H,13,15H2,(H,26,27)(H,28,31). The van der Waals surface area contributed by atoms with Crippen LogP contribution in [0.3, 0.4) is 0 Å². The molecular formula is C24H20N6O2. The predicted octanol–water partition coefficient (Wildman–Crippen LogP) is 3.93. The fourth-order valence-electron chi connectivity index (χ4n) is 3.31. The SMILES string of the molecule is O=C(NCc1cnc2[nH]ccc2c1)c1cnn(Cc2ccc(Oc3ccccn3)cc2)c1. The van der Waals surface area contributed by atoms with Crippen molar-refractivity contribution in [2.75, 3.05) is 0 Å². The van der Waals surface area contributed by atoms with Crippen LogP contribution in [0.2, 0.25) is 0 Å². The van der Waals surface area contributed by atoms with Crippen molar-refractivity contribution in [2.24, 2.45) is 0 Å². The number of benzene rings is 1. The average molecular weight is 424 g/mol. The molecule has 5 aromatic rings. The molecule has 8 nitrogen and oxygen atoms in total. The average Bonchev–Trinajstić information content (AvgIpc) is 3.49. The van der Waals surface area contributed by atoms with Gasteiger partial charge in [0.15, 0.2) is 0 Å². The summed E-state index contributed by atoms with van der Waals surface area (Å²) in [5, 5.41) is 8.24. The number of aromatic nitrogens is 5. The third-order valence-corrected chi connectivity index (χ3v) is 4.93. The minimum atomic E-state index is -0.176. The Balaban J connectivity index is 1.17. The van der Waals surface area contributed by atoms with Gasteiger partial charge in [-0.3, -0.25) is 9.48 Å². The molecule has 1 amide bonds. The summed E-state index contributed by atoms with van der Waals surface area (Å²) in [4.78, 5) is 24.0. The molecule has 0 saturated carbocycles. The van der Waals surface area contributed by atoms with E-state index in [0.29, 0.717) is 30.3 Å². The van der Waals surface area contributed by atoms with Gasteiger partial charge in [0.25, 0.3) is 5.91 Å². The molecule has 8 heteroatoms. The monoisotopic (exact) mass is 424 g/mol. The number of H-pyrrole nitrogens is 1.